The lowest BCUT2D eigenvalue weighted by Crippen LogP contribution is -2.21. The molecule has 0 aromatic carbocycles. The van der Waals surface area contributed by atoms with E-state index in [1.165, 1.54) is 4.90 Å². The van der Waals surface area contributed by atoms with Gasteiger partial charge in [-0.1, -0.05) is 37.3 Å². The molecule has 0 saturated heterocycles. The maximum Gasteiger partial charge on any atom is 0.0900 e. The Hall–Kier alpha value is -1.87. The number of hydrogen-bond acceptors (Lipinski definition) is 3. The van der Waals surface area contributed by atoms with Gasteiger partial charge in [0.05, 0.1) is 17.1 Å². The first-order chi connectivity index (χ1) is 10.2. The van der Waals surface area contributed by atoms with Gasteiger partial charge in [-0.15, -0.1) is 11.8 Å². The van der Waals surface area contributed by atoms with E-state index in [1.54, 1.807) is 11.8 Å². The van der Waals surface area contributed by atoms with Crippen LogP contribution in [0, 0.1) is 0 Å². The third-order valence-electron chi connectivity index (χ3n) is 3.80. The van der Waals surface area contributed by atoms with Crippen LogP contribution in [0.5, 0.6) is 0 Å². The van der Waals surface area contributed by atoms with E-state index in [-0.39, 0.29) is 5.41 Å². The molecule has 3 heteroatoms. The van der Waals surface area contributed by atoms with Crippen molar-refractivity contribution in [2.75, 3.05) is 6.26 Å². The van der Waals surface area contributed by atoms with Gasteiger partial charge >= 0.3 is 0 Å². The molecule has 0 N–H and O–H groups in total. The van der Waals surface area contributed by atoms with E-state index in [2.05, 4.69) is 54.6 Å². The van der Waals surface area contributed by atoms with E-state index >= 15 is 0 Å². The van der Waals surface area contributed by atoms with Crippen molar-refractivity contribution in [3.05, 3.63) is 66.5 Å². The van der Waals surface area contributed by atoms with E-state index in [0.717, 1.165) is 23.5 Å². The summed E-state index contributed by atoms with van der Waals surface area (Å²) in [5.74, 6) is 0. The predicted molar refractivity (Wildman–Crippen MR) is 89.5 cm³/mol. The minimum absolute atomic E-state index is 0.0377. The van der Waals surface area contributed by atoms with Crippen molar-refractivity contribution in [2.24, 2.45) is 0 Å². The second kappa shape index (κ2) is 5.86. The molecule has 2 heterocycles. The van der Waals surface area contributed by atoms with Gasteiger partial charge in [0.1, 0.15) is 0 Å². The van der Waals surface area contributed by atoms with E-state index in [0.29, 0.717) is 0 Å². The van der Waals surface area contributed by atoms with E-state index < -0.39 is 0 Å². The van der Waals surface area contributed by atoms with Crippen LogP contribution in [0.3, 0.4) is 0 Å². The third-order valence-corrected chi connectivity index (χ3v) is 4.51. The maximum absolute atomic E-state index is 4.89. The molecule has 3 rings (SSSR count). The lowest BCUT2D eigenvalue weighted by molar-refractivity contribution is 0.578. The van der Waals surface area contributed by atoms with Crippen LogP contribution in [0.4, 0.5) is 0 Å². The molecule has 1 aliphatic rings. The fourth-order valence-corrected chi connectivity index (χ4v) is 2.94. The van der Waals surface area contributed by atoms with Crippen molar-refractivity contribution >= 4 is 11.8 Å². The van der Waals surface area contributed by atoms with Crippen LogP contribution in [-0.2, 0) is 5.41 Å². The fraction of sp³-hybridized carbons (Fsp3) is 0.222. The van der Waals surface area contributed by atoms with Crippen LogP contribution in [0.15, 0.2) is 65.7 Å². The molecule has 0 bridgehead atoms. The summed E-state index contributed by atoms with van der Waals surface area (Å²) in [6.07, 6.45) is 13.5. The zero-order chi connectivity index (χ0) is 14.7. The predicted octanol–water partition coefficient (Wildman–Crippen LogP) is 4.64. The molecule has 1 aliphatic carbocycles. The van der Waals surface area contributed by atoms with E-state index in [9.17, 15) is 0 Å². The Morgan fingerprint density at radius 1 is 1.14 bits per heavy atom. The zero-order valence-corrected chi connectivity index (χ0v) is 13.1. The summed E-state index contributed by atoms with van der Waals surface area (Å²) in [7, 11) is 0. The summed E-state index contributed by atoms with van der Waals surface area (Å²) in [5.41, 5.74) is 2.94. The summed E-state index contributed by atoms with van der Waals surface area (Å²) in [6, 6.07) is 10.2. The van der Waals surface area contributed by atoms with Crippen LogP contribution in [0.25, 0.3) is 11.4 Å². The molecular formula is C18H18N2S. The molecule has 1 unspecified atom stereocenters. The summed E-state index contributed by atoms with van der Waals surface area (Å²) in [4.78, 5) is 10.5. The minimum Gasteiger partial charge on any atom is -0.255 e. The van der Waals surface area contributed by atoms with E-state index in [4.69, 9.17) is 4.98 Å². The van der Waals surface area contributed by atoms with Gasteiger partial charge in [0, 0.05) is 16.5 Å². The van der Waals surface area contributed by atoms with Gasteiger partial charge in [0.15, 0.2) is 0 Å². The highest BCUT2D eigenvalue weighted by atomic mass is 32.2. The Balaban J connectivity index is 2.10. The fourth-order valence-electron chi connectivity index (χ4n) is 2.48. The molecule has 0 fully saturated rings. The molecule has 2 aromatic heterocycles. The maximum atomic E-state index is 4.89. The van der Waals surface area contributed by atoms with Crippen LogP contribution in [-0.4, -0.2) is 16.2 Å². The molecule has 0 radical (unpaired) electrons. The molecule has 2 aromatic rings. The second-order valence-electron chi connectivity index (χ2n) is 5.40. The number of hydrogen-bond donors (Lipinski definition) is 0. The van der Waals surface area contributed by atoms with E-state index in [1.807, 2.05) is 24.4 Å². The van der Waals surface area contributed by atoms with Gasteiger partial charge in [0.2, 0.25) is 0 Å². The van der Waals surface area contributed by atoms with Gasteiger partial charge in [0.25, 0.3) is 0 Å². The van der Waals surface area contributed by atoms with Crippen molar-refractivity contribution in [3.8, 4) is 11.4 Å². The summed E-state index contributed by atoms with van der Waals surface area (Å²) in [6.45, 7) is 2.24. The van der Waals surface area contributed by atoms with Crippen molar-refractivity contribution in [1.82, 2.24) is 9.97 Å². The standard InChI is InChI=1S/C18H18N2S/c1-18(9-5-3-6-10-18)17-13-14(21-2)12-16(20-17)15-8-4-7-11-19-15/h3-9,11-13H,10H2,1-2H3. The van der Waals surface area contributed by atoms with Crippen molar-refractivity contribution < 1.29 is 0 Å². The molecule has 2 nitrogen and oxygen atoms in total. The third kappa shape index (κ3) is 2.93. The highest BCUT2D eigenvalue weighted by molar-refractivity contribution is 7.98. The highest BCUT2D eigenvalue weighted by Gasteiger charge is 2.26. The lowest BCUT2D eigenvalue weighted by atomic mass is 9.80. The molecular weight excluding hydrogens is 276 g/mol. The first kappa shape index (κ1) is 14.1. The number of thioether (sulfide) groups is 1. The van der Waals surface area contributed by atoms with Crippen LogP contribution < -0.4 is 0 Å². The topological polar surface area (TPSA) is 25.8 Å². The Kier molecular flexibility index (Phi) is 3.93. The Morgan fingerprint density at radius 2 is 2.05 bits per heavy atom. The second-order valence-corrected chi connectivity index (χ2v) is 6.28. The molecule has 0 saturated carbocycles. The average Bonchev–Trinajstić information content (AvgIpc) is 2.56. The molecule has 21 heavy (non-hydrogen) atoms. The Bertz CT molecular complexity index is 692. The normalized spacial score (nSPS) is 20.7. The largest absolute Gasteiger partial charge is 0.255 e. The summed E-state index contributed by atoms with van der Waals surface area (Å²) < 4.78 is 0. The highest BCUT2D eigenvalue weighted by Crippen LogP contribution is 2.34. The molecule has 0 amide bonds. The van der Waals surface area contributed by atoms with Gasteiger partial charge in [-0.3, -0.25) is 9.97 Å². The van der Waals surface area contributed by atoms with Crippen molar-refractivity contribution in [1.29, 1.82) is 0 Å². The number of rotatable bonds is 3. The smallest absolute Gasteiger partial charge is 0.0900 e. The first-order valence-electron chi connectivity index (χ1n) is 7.04. The first-order valence-corrected chi connectivity index (χ1v) is 8.26. The van der Waals surface area contributed by atoms with Crippen molar-refractivity contribution in [2.45, 2.75) is 23.7 Å². The van der Waals surface area contributed by atoms with Crippen LogP contribution >= 0.6 is 11.8 Å². The van der Waals surface area contributed by atoms with Gasteiger partial charge in [-0.25, -0.2) is 0 Å². The van der Waals surface area contributed by atoms with Crippen LogP contribution in [0.1, 0.15) is 19.0 Å². The number of aromatic nitrogens is 2. The van der Waals surface area contributed by atoms with Gasteiger partial charge in [-0.05, 0) is 36.9 Å². The van der Waals surface area contributed by atoms with Gasteiger partial charge < -0.3 is 0 Å². The monoisotopic (exact) mass is 294 g/mol. The number of nitrogens with zero attached hydrogens (tertiary/aromatic N) is 2. The molecule has 0 aliphatic heterocycles. The van der Waals surface area contributed by atoms with Crippen LogP contribution in [0.2, 0.25) is 0 Å². The summed E-state index contributed by atoms with van der Waals surface area (Å²) >= 11 is 1.74. The molecule has 106 valence electrons. The number of pyridine rings is 2. The molecule has 0 spiro atoms. The zero-order valence-electron chi connectivity index (χ0n) is 12.3. The quantitative estimate of drug-likeness (QED) is 0.771. The Labute approximate surface area is 130 Å². The Morgan fingerprint density at radius 3 is 2.71 bits per heavy atom. The lowest BCUT2D eigenvalue weighted by Gasteiger charge is -2.26. The summed E-state index contributed by atoms with van der Waals surface area (Å²) in [5, 5.41) is 0. The number of allylic oxidation sites excluding steroid dienone is 4. The minimum atomic E-state index is -0.0377. The molecule has 1 atom stereocenters. The van der Waals surface area contributed by atoms with Gasteiger partial charge in [-0.2, -0.15) is 0 Å². The van der Waals surface area contributed by atoms with Crippen molar-refractivity contribution in [3.63, 3.8) is 0 Å². The SMILES string of the molecule is CSc1cc(-c2ccccn2)nc(C2(C)C=CC=CC2)c1. The average molecular weight is 294 g/mol.